The quantitative estimate of drug-likeness (QED) is 0.883. The Kier molecular flexibility index (Phi) is 4.75. The normalized spacial score (nSPS) is 24.7. The summed E-state index contributed by atoms with van der Waals surface area (Å²) in [5, 5.41) is 9.49. The molecular formula is C15H24N2O. The molecule has 2 rings (SSSR count). The van der Waals surface area contributed by atoms with Crippen molar-refractivity contribution in [1.29, 1.82) is 0 Å². The van der Waals surface area contributed by atoms with Crippen LogP contribution in [-0.2, 0) is 0 Å². The van der Waals surface area contributed by atoms with E-state index in [4.69, 9.17) is 0 Å². The summed E-state index contributed by atoms with van der Waals surface area (Å²) in [6.07, 6.45) is 1.17. The largest absolute Gasteiger partial charge is 0.395 e. The highest BCUT2D eigenvalue weighted by molar-refractivity contribution is 5.18. The lowest BCUT2D eigenvalue weighted by Crippen LogP contribution is -2.42. The molecule has 18 heavy (non-hydrogen) atoms. The first-order chi connectivity index (χ1) is 8.72. The minimum absolute atomic E-state index is 0.245. The first-order valence-corrected chi connectivity index (χ1v) is 6.82. The van der Waals surface area contributed by atoms with E-state index in [1.807, 2.05) is 0 Å². The Bertz CT molecular complexity index is 355. The van der Waals surface area contributed by atoms with Gasteiger partial charge in [0, 0.05) is 25.2 Å². The lowest BCUT2D eigenvalue weighted by atomic mass is 10.1. The topological polar surface area (TPSA) is 26.7 Å². The maximum absolute atomic E-state index is 9.49. The highest BCUT2D eigenvalue weighted by Gasteiger charge is 2.25. The second-order valence-electron chi connectivity index (χ2n) is 5.25. The van der Waals surface area contributed by atoms with Crippen LogP contribution in [0.2, 0.25) is 0 Å². The SMILES string of the molecule is CC(c1ccccc1)N1CCCN(C)C(CO)C1. The molecule has 1 aliphatic rings. The van der Waals surface area contributed by atoms with Crippen molar-refractivity contribution in [2.75, 3.05) is 33.3 Å². The summed E-state index contributed by atoms with van der Waals surface area (Å²) < 4.78 is 0. The van der Waals surface area contributed by atoms with Gasteiger partial charge in [0.25, 0.3) is 0 Å². The number of aliphatic hydroxyl groups is 1. The first kappa shape index (κ1) is 13.5. The van der Waals surface area contributed by atoms with Gasteiger partial charge in [-0.25, -0.2) is 0 Å². The van der Waals surface area contributed by atoms with Crippen molar-refractivity contribution < 1.29 is 5.11 Å². The van der Waals surface area contributed by atoms with Crippen LogP contribution in [0.5, 0.6) is 0 Å². The van der Waals surface area contributed by atoms with E-state index in [1.54, 1.807) is 0 Å². The van der Waals surface area contributed by atoms with E-state index < -0.39 is 0 Å². The van der Waals surface area contributed by atoms with Crippen LogP contribution in [0.25, 0.3) is 0 Å². The number of rotatable bonds is 3. The third-order valence-corrected chi connectivity index (χ3v) is 4.07. The average Bonchev–Trinajstić information content (AvgIpc) is 2.60. The second-order valence-corrected chi connectivity index (χ2v) is 5.25. The van der Waals surface area contributed by atoms with Gasteiger partial charge in [-0.05, 0) is 32.5 Å². The van der Waals surface area contributed by atoms with E-state index in [9.17, 15) is 5.11 Å². The fourth-order valence-corrected chi connectivity index (χ4v) is 2.70. The van der Waals surface area contributed by atoms with Crippen molar-refractivity contribution in [3.05, 3.63) is 35.9 Å². The Morgan fingerprint density at radius 3 is 2.67 bits per heavy atom. The van der Waals surface area contributed by atoms with Crippen molar-refractivity contribution >= 4 is 0 Å². The number of hydrogen-bond donors (Lipinski definition) is 1. The summed E-state index contributed by atoms with van der Waals surface area (Å²) >= 11 is 0. The monoisotopic (exact) mass is 248 g/mol. The molecule has 1 aromatic carbocycles. The van der Waals surface area contributed by atoms with E-state index in [-0.39, 0.29) is 12.6 Å². The van der Waals surface area contributed by atoms with Gasteiger partial charge in [0.2, 0.25) is 0 Å². The molecule has 0 aromatic heterocycles. The molecule has 1 N–H and O–H groups in total. The Balaban J connectivity index is 2.07. The van der Waals surface area contributed by atoms with Gasteiger partial charge in [0.1, 0.15) is 0 Å². The van der Waals surface area contributed by atoms with E-state index in [2.05, 4.69) is 54.1 Å². The molecular weight excluding hydrogens is 224 g/mol. The molecule has 1 aliphatic heterocycles. The van der Waals surface area contributed by atoms with E-state index in [1.165, 1.54) is 12.0 Å². The molecule has 100 valence electrons. The van der Waals surface area contributed by atoms with E-state index in [0.717, 1.165) is 19.6 Å². The van der Waals surface area contributed by atoms with Crippen molar-refractivity contribution in [2.45, 2.75) is 25.4 Å². The van der Waals surface area contributed by atoms with Gasteiger partial charge < -0.3 is 5.11 Å². The summed E-state index contributed by atoms with van der Waals surface area (Å²) in [6, 6.07) is 11.3. The maximum atomic E-state index is 9.49. The molecule has 3 heteroatoms. The highest BCUT2D eigenvalue weighted by atomic mass is 16.3. The number of nitrogens with zero attached hydrogens (tertiary/aromatic N) is 2. The first-order valence-electron chi connectivity index (χ1n) is 6.82. The zero-order valence-corrected chi connectivity index (χ0v) is 11.4. The predicted octanol–water partition coefficient (Wildman–Crippen LogP) is 1.75. The van der Waals surface area contributed by atoms with E-state index in [0.29, 0.717) is 6.04 Å². The van der Waals surface area contributed by atoms with Crippen molar-refractivity contribution in [2.24, 2.45) is 0 Å². The standard InChI is InChI=1S/C15H24N2O/c1-13(14-7-4-3-5-8-14)17-10-6-9-16(2)15(11-17)12-18/h3-5,7-8,13,15,18H,6,9-12H2,1-2H3. The molecule has 0 amide bonds. The van der Waals surface area contributed by atoms with Crippen LogP contribution in [0.1, 0.15) is 24.9 Å². The molecule has 1 heterocycles. The molecule has 0 aliphatic carbocycles. The zero-order chi connectivity index (χ0) is 13.0. The Morgan fingerprint density at radius 2 is 2.00 bits per heavy atom. The minimum Gasteiger partial charge on any atom is -0.395 e. The average molecular weight is 248 g/mol. The van der Waals surface area contributed by atoms with Crippen LogP contribution in [-0.4, -0.2) is 54.2 Å². The van der Waals surface area contributed by atoms with Crippen LogP contribution in [0.4, 0.5) is 0 Å². The van der Waals surface area contributed by atoms with Crippen LogP contribution >= 0.6 is 0 Å². The maximum Gasteiger partial charge on any atom is 0.0599 e. The molecule has 0 radical (unpaired) electrons. The van der Waals surface area contributed by atoms with Gasteiger partial charge in [0.05, 0.1) is 6.61 Å². The number of benzene rings is 1. The van der Waals surface area contributed by atoms with Gasteiger partial charge in [0.15, 0.2) is 0 Å². The van der Waals surface area contributed by atoms with Crippen molar-refractivity contribution in [3.8, 4) is 0 Å². The highest BCUT2D eigenvalue weighted by Crippen LogP contribution is 2.22. The van der Waals surface area contributed by atoms with Gasteiger partial charge in [-0.2, -0.15) is 0 Å². The summed E-state index contributed by atoms with van der Waals surface area (Å²) in [5.41, 5.74) is 1.36. The van der Waals surface area contributed by atoms with Crippen LogP contribution < -0.4 is 0 Å². The smallest absolute Gasteiger partial charge is 0.0599 e. The summed E-state index contributed by atoms with van der Waals surface area (Å²) in [4.78, 5) is 4.76. The van der Waals surface area contributed by atoms with Crippen LogP contribution in [0, 0.1) is 0 Å². The molecule has 0 saturated carbocycles. The van der Waals surface area contributed by atoms with Gasteiger partial charge in [-0.3, -0.25) is 9.80 Å². The molecule has 1 fully saturated rings. The van der Waals surface area contributed by atoms with Gasteiger partial charge in [-0.15, -0.1) is 0 Å². The van der Waals surface area contributed by atoms with Crippen LogP contribution in [0.15, 0.2) is 30.3 Å². The second kappa shape index (κ2) is 6.32. The minimum atomic E-state index is 0.245. The molecule has 1 aromatic rings. The molecule has 0 bridgehead atoms. The predicted molar refractivity (Wildman–Crippen MR) is 74.6 cm³/mol. The lowest BCUT2D eigenvalue weighted by Gasteiger charge is -2.31. The molecule has 2 atom stereocenters. The fraction of sp³-hybridized carbons (Fsp3) is 0.600. The summed E-state index contributed by atoms with van der Waals surface area (Å²) in [6.45, 7) is 5.63. The molecule has 3 nitrogen and oxygen atoms in total. The van der Waals surface area contributed by atoms with Crippen LogP contribution in [0.3, 0.4) is 0 Å². The Hall–Kier alpha value is -0.900. The summed E-state index contributed by atoms with van der Waals surface area (Å²) in [7, 11) is 2.11. The van der Waals surface area contributed by atoms with E-state index >= 15 is 0 Å². The van der Waals surface area contributed by atoms with Gasteiger partial charge >= 0.3 is 0 Å². The lowest BCUT2D eigenvalue weighted by molar-refractivity contribution is 0.117. The Labute approximate surface area is 110 Å². The van der Waals surface area contributed by atoms with Gasteiger partial charge in [-0.1, -0.05) is 30.3 Å². The molecule has 2 unspecified atom stereocenters. The number of hydrogen-bond acceptors (Lipinski definition) is 3. The molecule has 1 saturated heterocycles. The third kappa shape index (κ3) is 3.10. The summed E-state index contributed by atoms with van der Waals surface area (Å²) in [5.74, 6) is 0. The van der Waals surface area contributed by atoms with Crippen molar-refractivity contribution in [1.82, 2.24) is 9.80 Å². The number of aliphatic hydroxyl groups excluding tert-OH is 1. The molecule has 0 spiro atoms. The third-order valence-electron chi connectivity index (χ3n) is 4.07. The Morgan fingerprint density at radius 1 is 1.28 bits per heavy atom. The fourth-order valence-electron chi connectivity index (χ4n) is 2.70. The van der Waals surface area contributed by atoms with Crippen molar-refractivity contribution in [3.63, 3.8) is 0 Å². The number of likely N-dealkylation sites (N-methyl/N-ethyl adjacent to an activating group) is 1. The zero-order valence-electron chi connectivity index (χ0n) is 11.4.